The molecule has 0 aromatic rings. The quantitative estimate of drug-likeness (QED) is 0.704. The largest absolute Gasteiger partial charge is 0.396 e. The monoisotopic (exact) mass is 186 g/mol. The second-order valence-electron chi connectivity index (χ2n) is 4.65. The van der Waals surface area contributed by atoms with Gasteiger partial charge < -0.3 is 10.2 Å². The van der Waals surface area contributed by atoms with Crippen LogP contribution in [0.5, 0.6) is 0 Å². The van der Waals surface area contributed by atoms with Crippen LogP contribution in [-0.2, 0) is 0 Å². The topological polar surface area (TPSA) is 40.5 Å². The smallest absolute Gasteiger partial charge is 0.0436 e. The maximum atomic E-state index is 9.01. The zero-order valence-corrected chi connectivity index (χ0v) is 8.63. The molecule has 1 rings (SSSR count). The van der Waals surface area contributed by atoms with Crippen LogP contribution in [-0.4, -0.2) is 23.4 Å². The summed E-state index contributed by atoms with van der Waals surface area (Å²) in [6, 6.07) is 0. The average molecular weight is 186 g/mol. The first-order valence-electron chi connectivity index (χ1n) is 5.44. The third-order valence-electron chi connectivity index (χ3n) is 3.47. The van der Waals surface area contributed by atoms with Gasteiger partial charge in [-0.2, -0.15) is 0 Å². The van der Waals surface area contributed by atoms with E-state index in [1.165, 1.54) is 25.7 Å². The first-order valence-corrected chi connectivity index (χ1v) is 5.44. The van der Waals surface area contributed by atoms with Crippen LogP contribution in [0.3, 0.4) is 0 Å². The Morgan fingerprint density at radius 2 is 1.85 bits per heavy atom. The number of hydrogen-bond donors (Lipinski definition) is 2. The summed E-state index contributed by atoms with van der Waals surface area (Å²) < 4.78 is 0. The standard InChI is InChI=1S/C11H22O2/c1-10-3-2-4-11(9-10,5-7-12)6-8-13/h10,12-13H,2-9H2,1H3/t10-/m1/s1. The van der Waals surface area contributed by atoms with E-state index in [1.807, 2.05) is 0 Å². The lowest BCUT2D eigenvalue weighted by molar-refractivity contribution is 0.0709. The van der Waals surface area contributed by atoms with Crippen LogP contribution in [0.15, 0.2) is 0 Å². The van der Waals surface area contributed by atoms with Crippen molar-refractivity contribution in [3.8, 4) is 0 Å². The lowest BCUT2D eigenvalue weighted by Gasteiger charge is -2.39. The van der Waals surface area contributed by atoms with Crippen molar-refractivity contribution in [1.29, 1.82) is 0 Å². The summed E-state index contributed by atoms with van der Waals surface area (Å²) in [5.41, 5.74) is 0.251. The molecule has 1 aliphatic rings. The second kappa shape index (κ2) is 4.97. The lowest BCUT2D eigenvalue weighted by Crippen LogP contribution is -2.30. The predicted octanol–water partition coefficient (Wildman–Crippen LogP) is 1.95. The number of hydrogen-bond acceptors (Lipinski definition) is 2. The van der Waals surface area contributed by atoms with Crippen LogP contribution in [0.25, 0.3) is 0 Å². The molecule has 0 saturated heterocycles. The fourth-order valence-corrected chi connectivity index (χ4v) is 2.82. The molecule has 1 saturated carbocycles. The summed E-state index contributed by atoms with van der Waals surface area (Å²) in [6.07, 6.45) is 6.71. The van der Waals surface area contributed by atoms with E-state index in [2.05, 4.69) is 6.92 Å². The molecule has 0 amide bonds. The minimum atomic E-state index is 0.251. The van der Waals surface area contributed by atoms with E-state index in [-0.39, 0.29) is 18.6 Å². The molecule has 0 aromatic heterocycles. The van der Waals surface area contributed by atoms with E-state index < -0.39 is 0 Å². The fraction of sp³-hybridized carbons (Fsp3) is 1.00. The van der Waals surface area contributed by atoms with Gasteiger partial charge in [0.05, 0.1) is 0 Å². The normalized spacial score (nSPS) is 27.5. The first-order chi connectivity index (χ1) is 6.22. The Kier molecular flexibility index (Phi) is 4.20. The van der Waals surface area contributed by atoms with Crippen molar-refractivity contribution < 1.29 is 10.2 Å². The van der Waals surface area contributed by atoms with Gasteiger partial charge in [0.2, 0.25) is 0 Å². The Balaban J connectivity index is 2.53. The van der Waals surface area contributed by atoms with Gasteiger partial charge in [-0.05, 0) is 37.0 Å². The van der Waals surface area contributed by atoms with Crippen LogP contribution < -0.4 is 0 Å². The maximum Gasteiger partial charge on any atom is 0.0436 e. The van der Waals surface area contributed by atoms with Crippen LogP contribution in [0.2, 0.25) is 0 Å². The third kappa shape index (κ3) is 2.96. The van der Waals surface area contributed by atoms with E-state index in [0.29, 0.717) is 0 Å². The van der Waals surface area contributed by atoms with Crippen molar-refractivity contribution in [2.75, 3.05) is 13.2 Å². The zero-order valence-electron chi connectivity index (χ0n) is 8.63. The molecule has 1 fully saturated rings. The van der Waals surface area contributed by atoms with Crippen LogP contribution >= 0.6 is 0 Å². The molecule has 0 aromatic carbocycles. The van der Waals surface area contributed by atoms with Crippen molar-refractivity contribution >= 4 is 0 Å². The van der Waals surface area contributed by atoms with Crippen molar-refractivity contribution in [3.05, 3.63) is 0 Å². The molecule has 0 bridgehead atoms. The van der Waals surface area contributed by atoms with Gasteiger partial charge >= 0.3 is 0 Å². The van der Waals surface area contributed by atoms with Crippen molar-refractivity contribution in [3.63, 3.8) is 0 Å². The average Bonchev–Trinajstić information content (AvgIpc) is 2.04. The Labute approximate surface area is 81.0 Å². The van der Waals surface area contributed by atoms with E-state index in [0.717, 1.165) is 18.8 Å². The fourth-order valence-electron chi connectivity index (χ4n) is 2.82. The van der Waals surface area contributed by atoms with Gasteiger partial charge in [-0.3, -0.25) is 0 Å². The summed E-state index contributed by atoms with van der Waals surface area (Å²) >= 11 is 0. The summed E-state index contributed by atoms with van der Waals surface area (Å²) in [6.45, 7) is 2.82. The molecule has 78 valence electrons. The third-order valence-corrected chi connectivity index (χ3v) is 3.47. The first kappa shape index (κ1) is 11.0. The van der Waals surface area contributed by atoms with E-state index in [4.69, 9.17) is 10.2 Å². The van der Waals surface area contributed by atoms with Crippen LogP contribution in [0.4, 0.5) is 0 Å². The molecule has 2 nitrogen and oxygen atoms in total. The highest BCUT2D eigenvalue weighted by Gasteiger charge is 2.33. The van der Waals surface area contributed by atoms with Crippen LogP contribution in [0.1, 0.15) is 45.4 Å². The Morgan fingerprint density at radius 1 is 1.23 bits per heavy atom. The Morgan fingerprint density at radius 3 is 2.31 bits per heavy atom. The summed E-state index contributed by atoms with van der Waals surface area (Å²) in [7, 11) is 0. The lowest BCUT2D eigenvalue weighted by atomic mass is 9.67. The summed E-state index contributed by atoms with van der Waals surface area (Å²) in [4.78, 5) is 0. The Hall–Kier alpha value is -0.0800. The van der Waals surface area contributed by atoms with Crippen molar-refractivity contribution in [1.82, 2.24) is 0 Å². The molecule has 0 spiro atoms. The zero-order chi connectivity index (χ0) is 9.73. The van der Waals surface area contributed by atoms with Crippen molar-refractivity contribution in [2.24, 2.45) is 11.3 Å². The molecule has 1 atom stereocenters. The highest BCUT2D eigenvalue weighted by molar-refractivity contribution is 4.84. The van der Waals surface area contributed by atoms with E-state index >= 15 is 0 Å². The van der Waals surface area contributed by atoms with E-state index in [9.17, 15) is 0 Å². The van der Waals surface area contributed by atoms with Gasteiger partial charge in [-0.15, -0.1) is 0 Å². The molecule has 0 radical (unpaired) electrons. The minimum absolute atomic E-state index is 0.251. The molecular formula is C11H22O2. The van der Waals surface area contributed by atoms with Gasteiger partial charge in [-0.25, -0.2) is 0 Å². The Bertz CT molecular complexity index is 134. The highest BCUT2D eigenvalue weighted by atomic mass is 16.3. The minimum Gasteiger partial charge on any atom is -0.396 e. The van der Waals surface area contributed by atoms with Gasteiger partial charge in [0, 0.05) is 13.2 Å². The van der Waals surface area contributed by atoms with E-state index in [1.54, 1.807) is 0 Å². The van der Waals surface area contributed by atoms with Gasteiger partial charge in [0.25, 0.3) is 0 Å². The molecular weight excluding hydrogens is 164 g/mol. The molecule has 0 unspecified atom stereocenters. The molecule has 13 heavy (non-hydrogen) atoms. The number of aliphatic hydroxyl groups excluding tert-OH is 2. The van der Waals surface area contributed by atoms with Gasteiger partial charge in [-0.1, -0.05) is 19.8 Å². The highest BCUT2D eigenvalue weighted by Crippen LogP contribution is 2.44. The number of rotatable bonds is 4. The van der Waals surface area contributed by atoms with Crippen LogP contribution in [0, 0.1) is 11.3 Å². The second-order valence-corrected chi connectivity index (χ2v) is 4.65. The molecule has 0 aliphatic heterocycles. The predicted molar refractivity (Wildman–Crippen MR) is 53.5 cm³/mol. The maximum absolute atomic E-state index is 9.01. The molecule has 2 heteroatoms. The molecule has 2 N–H and O–H groups in total. The summed E-state index contributed by atoms with van der Waals surface area (Å²) in [5.74, 6) is 0.770. The van der Waals surface area contributed by atoms with Gasteiger partial charge in [0.1, 0.15) is 0 Å². The number of aliphatic hydroxyl groups is 2. The van der Waals surface area contributed by atoms with Crippen molar-refractivity contribution in [2.45, 2.75) is 45.4 Å². The molecule has 0 heterocycles. The summed E-state index contributed by atoms with van der Waals surface area (Å²) in [5, 5.41) is 18.0. The van der Waals surface area contributed by atoms with Gasteiger partial charge in [0.15, 0.2) is 0 Å². The SMILES string of the molecule is C[C@@H]1CCCC(CCO)(CCO)C1. The molecule has 1 aliphatic carbocycles.